The lowest BCUT2D eigenvalue weighted by Gasteiger charge is -2.14. The van der Waals surface area contributed by atoms with Crippen molar-refractivity contribution in [1.29, 1.82) is 0 Å². The molecule has 0 aromatic heterocycles. The largest absolute Gasteiger partial charge is 0.492 e. The molecule has 3 rings (SSSR count). The van der Waals surface area contributed by atoms with Crippen LogP contribution in [0.5, 0.6) is 5.75 Å². The number of aliphatic hydroxyl groups is 1. The van der Waals surface area contributed by atoms with E-state index < -0.39 is 6.10 Å². The average molecular weight is 297 g/mol. The molecule has 1 amide bonds. The van der Waals surface area contributed by atoms with Gasteiger partial charge in [-0.2, -0.15) is 0 Å². The third-order valence-corrected chi connectivity index (χ3v) is 3.84. The molecule has 0 radical (unpaired) electrons. The van der Waals surface area contributed by atoms with Gasteiger partial charge in [0, 0.05) is 18.5 Å². The van der Waals surface area contributed by atoms with E-state index >= 15 is 0 Å². The molecule has 0 spiro atoms. The Bertz CT molecular complexity index is 642. The van der Waals surface area contributed by atoms with E-state index in [1.165, 1.54) is 0 Å². The Morgan fingerprint density at radius 1 is 1.18 bits per heavy atom. The second kappa shape index (κ2) is 6.62. The number of amides is 1. The highest BCUT2D eigenvalue weighted by atomic mass is 16.5. The Morgan fingerprint density at radius 3 is 2.73 bits per heavy atom. The van der Waals surface area contributed by atoms with Crippen LogP contribution in [0.3, 0.4) is 0 Å². The molecule has 4 heteroatoms. The number of hydrogen-bond acceptors (Lipinski definition) is 3. The van der Waals surface area contributed by atoms with Gasteiger partial charge < -0.3 is 15.2 Å². The van der Waals surface area contributed by atoms with Gasteiger partial charge >= 0.3 is 0 Å². The number of nitrogens with one attached hydrogen (secondary N) is 1. The minimum atomic E-state index is -0.594. The molecule has 1 aliphatic heterocycles. The van der Waals surface area contributed by atoms with E-state index in [0.717, 1.165) is 16.9 Å². The standard InChI is InChI=1S/C18H19NO3/c20-14(10-13-6-2-1-3-7-13)11-19-18(21)16-12-22-17-9-5-4-8-15(16)17/h1-9,14,16,20H,10-12H2,(H,19,21). The van der Waals surface area contributed by atoms with Crippen molar-refractivity contribution < 1.29 is 14.6 Å². The molecule has 0 saturated heterocycles. The summed E-state index contributed by atoms with van der Waals surface area (Å²) in [5, 5.41) is 12.9. The number of benzene rings is 2. The molecule has 2 N–H and O–H groups in total. The second-order valence-electron chi connectivity index (χ2n) is 5.49. The summed E-state index contributed by atoms with van der Waals surface area (Å²) in [5.74, 6) is 0.379. The summed E-state index contributed by atoms with van der Waals surface area (Å²) in [5.41, 5.74) is 1.97. The van der Waals surface area contributed by atoms with E-state index in [1.807, 2.05) is 54.6 Å². The van der Waals surface area contributed by atoms with Crippen molar-refractivity contribution in [3.63, 3.8) is 0 Å². The van der Waals surface area contributed by atoms with Crippen LogP contribution in [0, 0.1) is 0 Å². The van der Waals surface area contributed by atoms with Gasteiger partial charge in [-0.15, -0.1) is 0 Å². The summed E-state index contributed by atoms with van der Waals surface area (Å²) in [6, 6.07) is 17.3. The van der Waals surface area contributed by atoms with Gasteiger partial charge in [-0.05, 0) is 11.6 Å². The number of rotatable bonds is 5. The number of carbonyl (C=O) groups excluding carboxylic acids is 1. The van der Waals surface area contributed by atoms with Gasteiger partial charge in [-0.25, -0.2) is 0 Å². The third-order valence-electron chi connectivity index (χ3n) is 3.84. The third kappa shape index (κ3) is 3.28. The molecule has 0 saturated carbocycles. The maximum atomic E-state index is 12.3. The maximum absolute atomic E-state index is 12.3. The van der Waals surface area contributed by atoms with Gasteiger partial charge in [0.1, 0.15) is 18.3 Å². The van der Waals surface area contributed by atoms with E-state index in [9.17, 15) is 9.90 Å². The van der Waals surface area contributed by atoms with Crippen LogP contribution in [-0.2, 0) is 11.2 Å². The first kappa shape index (κ1) is 14.6. The fraction of sp³-hybridized carbons (Fsp3) is 0.278. The van der Waals surface area contributed by atoms with E-state index in [2.05, 4.69) is 5.32 Å². The molecule has 0 aliphatic carbocycles. The SMILES string of the molecule is O=C(NCC(O)Cc1ccccc1)C1COc2ccccc21. The van der Waals surface area contributed by atoms with Crippen LogP contribution in [0.15, 0.2) is 54.6 Å². The van der Waals surface area contributed by atoms with E-state index in [0.29, 0.717) is 13.0 Å². The summed E-state index contributed by atoms with van der Waals surface area (Å²) in [7, 11) is 0. The maximum Gasteiger partial charge on any atom is 0.231 e. The molecule has 4 nitrogen and oxygen atoms in total. The fourth-order valence-corrected chi connectivity index (χ4v) is 2.68. The monoisotopic (exact) mass is 297 g/mol. The second-order valence-corrected chi connectivity index (χ2v) is 5.49. The van der Waals surface area contributed by atoms with Crippen LogP contribution < -0.4 is 10.1 Å². The van der Waals surface area contributed by atoms with Crippen LogP contribution in [-0.4, -0.2) is 30.3 Å². The summed E-state index contributed by atoms with van der Waals surface area (Å²) in [4.78, 5) is 12.3. The van der Waals surface area contributed by atoms with E-state index in [-0.39, 0.29) is 18.4 Å². The lowest BCUT2D eigenvalue weighted by Crippen LogP contribution is -2.36. The number of ether oxygens (including phenoxy) is 1. The minimum absolute atomic E-state index is 0.0999. The predicted octanol–water partition coefficient (Wildman–Crippen LogP) is 1.88. The molecule has 0 fully saturated rings. The highest BCUT2D eigenvalue weighted by molar-refractivity contribution is 5.85. The zero-order valence-electron chi connectivity index (χ0n) is 12.2. The van der Waals surface area contributed by atoms with Crippen LogP contribution in [0.1, 0.15) is 17.0 Å². The molecule has 1 aliphatic rings. The summed E-state index contributed by atoms with van der Waals surface area (Å²) in [6.45, 7) is 0.604. The quantitative estimate of drug-likeness (QED) is 0.886. The molecule has 22 heavy (non-hydrogen) atoms. The summed E-state index contributed by atoms with van der Waals surface area (Å²) >= 11 is 0. The molecular weight excluding hydrogens is 278 g/mol. The van der Waals surface area contributed by atoms with Crippen LogP contribution in [0.2, 0.25) is 0 Å². The lowest BCUT2D eigenvalue weighted by molar-refractivity contribution is -0.123. The highest BCUT2D eigenvalue weighted by Gasteiger charge is 2.29. The number of para-hydroxylation sites is 1. The number of fused-ring (bicyclic) bond motifs is 1. The van der Waals surface area contributed by atoms with Gasteiger partial charge in [0.25, 0.3) is 0 Å². The lowest BCUT2D eigenvalue weighted by atomic mass is 10.0. The predicted molar refractivity (Wildman–Crippen MR) is 83.8 cm³/mol. The van der Waals surface area contributed by atoms with Crippen molar-refractivity contribution in [3.8, 4) is 5.75 Å². The number of hydrogen-bond donors (Lipinski definition) is 2. The Morgan fingerprint density at radius 2 is 1.91 bits per heavy atom. The van der Waals surface area contributed by atoms with Gasteiger partial charge in [0.2, 0.25) is 5.91 Å². The highest BCUT2D eigenvalue weighted by Crippen LogP contribution is 2.33. The van der Waals surface area contributed by atoms with Crippen LogP contribution in [0.25, 0.3) is 0 Å². The molecule has 2 unspecified atom stereocenters. The molecule has 2 atom stereocenters. The molecular formula is C18H19NO3. The summed E-state index contributed by atoms with van der Waals surface area (Å²) < 4.78 is 5.51. The number of aliphatic hydroxyl groups excluding tert-OH is 1. The van der Waals surface area contributed by atoms with Crippen molar-refractivity contribution >= 4 is 5.91 Å². The van der Waals surface area contributed by atoms with Crippen molar-refractivity contribution in [2.24, 2.45) is 0 Å². The first-order valence-corrected chi connectivity index (χ1v) is 7.45. The van der Waals surface area contributed by atoms with Gasteiger partial charge in [-0.1, -0.05) is 48.5 Å². The van der Waals surface area contributed by atoms with Crippen molar-refractivity contribution in [3.05, 3.63) is 65.7 Å². The van der Waals surface area contributed by atoms with Crippen molar-refractivity contribution in [1.82, 2.24) is 5.32 Å². The zero-order chi connectivity index (χ0) is 15.4. The first-order chi connectivity index (χ1) is 10.7. The molecule has 114 valence electrons. The fourth-order valence-electron chi connectivity index (χ4n) is 2.68. The minimum Gasteiger partial charge on any atom is -0.492 e. The molecule has 2 aromatic rings. The van der Waals surface area contributed by atoms with Crippen LogP contribution in [0.4, 0.5) is 0 Å². The summed E-state index contributed by atoms with van der Waals surface area (Å²) in [6.07, 6.45) is -0.0669. The molecule has 2 aromatic carbocycles. The Balaban J connectivity index is 1.53. The topological polar surface area (TPSA) is 58.6 Å². The van der Waals surface area contributed by atoms with E-state index in [1.54, 1.807) is 0 Å². The zero-order valence-corrected chi connectivity index (χ0v) is 12.2. The van der Waals surface area contributed by atoms with E-state index in [4.69, 9.17) is 4.74 Å². The Kier molecular flexibility index (Phi) is 4.39. The smallest absolute Gasteiger partial charge is 0.231 e. The Labute approximate surface area is 129 Å². The van der Waals surface area contributed by atoms with Gasteiger partial charge in [0.05, 0.1) is 6.10 Å². The molecule has 0 bridgehead atoms. The van der Waals surface area contributed by atoms with Gasteiger partial charge in [-0.3, -0.25) is 4.79 Å². The molecule has 1 heterocycles. The Hall–Kier alpha value is -2.33. The van der Waals surface area contributed by atoms with Crippen molar-refractivity contribution in [2.75, 3.05) is 13.2 Å². The average Bonchev–Trinajstić information content (AvgIpc) is 2.98. The first-order valence-electron chi connectivity index (χ1n) is 7.45. The normalized spacial score (nSPS) is 17.4. The number of carbonyl (C=O) groups is 1. The van der Waals surface area contributed by atoms with Crippen LogP contribution >= 0.6 is 0 Å². The van der Waals surface area contributed by atoms with Gasteiger partial charge in [0.15, 0.2) is 0 Å². The van der Waals surface area contributed by atoms with Crippen molar-refractivity contribution in [2.45, 2.75) is 18.4 Å².